The smallest absolute Gasteiger partial charge is 0.753 e. The van der Waals surface area contributed by atoms with Gasteiger partial charge in [0.2, 0.25) is 46.6 Å². The van der Waals surface area contributed by atoms with Crippen LogP contribution in [-0.4, -0.2) is 120 Å². The molecule has 0 aliphatic heterocycles. The first kappa shape index (κ1) is 69.5. The maximum absolute atomic E-state index is 7.13. The van der Waals surface area contributed by atoms with Crippen molar-refractivity contribution in [3.63, 3.8) is 0 Å². The predicted octanol–water partition coefficient (Wildman–Crippen LogP) is 7.09. The third-order valence-electron chi connectivity index (χ3n) is 9.94. The van der Waals surface area contributed by atoms with Gasteiger partial charge in [-0.25, -0.2) is 18.7 Å². The third kappa shape index (κ3) is 20.3. The first-order valence-electron chi connectivity index (χ1n) is 23.3. The summed E-state index contributed by atoms with van der Waals surface area (Å²) >= 11 is 14.8. The number of nitrogen functional groups attached to an aromatic ring is 4. The van der Waals surface area contributed by atoms with Crippen LogP contribution in [0, 0.1) is 0 Å². The fraction of sp³-hybridized carbons (Fsp3) is 0. The van der Waals surface area contributed by atoms with Crippen LogP contribution in [0.4, 0.5) is 0 Å². The maximum atomic E-state index is 7.13. The van der Waals surface area contributed by atoms with Crippen molar-refractivity contribution < 1.29 is 34.1 Å². The number of isothiocyanates is 4. The third-order valence-corrected chi connectivity index (χ3v) is 9.94. The van der Waals surface area contributed by atoms with E-state index in [1.807, 2.05) is 146 Å². The molecular weight excluding hydrogens is 1260 g/mol. The minimum Gasteiger partial charge on any atom is -0.753 e. The number of hydrogen-bond donors (Lipinski definition) is 4. The average molecular weight is 1300 g/mol. The van der Waals surface area contributed by atoms with Crippen molar-refractivity contribution in [2.75, 3.05) is 23.4 Å². The monoisotopic (exact) mass is 1300 g/mol. The Kier molecular flexibility index (Phi) is 31.4. The summed E-state index contributed by atoms with van der Waals surface area (Å²) in [6.45, 7) is 0. The molecule has 12 heterocycles. The topological polar surface area (TPSA) is 419 Å². The Bertz CT molecular complexity index is 3250. The summed E-state index contributed by atoms with van der Waals surface area (Å²) < 4.78 is 5.57. The van der Waals surface area contributed by atoms with Crippen LogP contribution in [0.3, 0.4) is 0 Å². The van der Waals surface area contributed by atoms with Crippen LogP contribution in [0.2, 0.25) is 0 Å². The van der Waals surface area contributed by atoms with Crippen LogP contribution in [0.5, 0.6) is 0 Å². The van der Waals surface area contributed by atoms with Gasteiger partial charge in [-0.05, 0) is 97.1 Å². The predicted molar refractivity (Wildman–Crippen MR) is 330 cm³/mol. The van der Waals surface area contributed by atoms with Crippen molar-refractivity contribution in [2.45, 2.75) is 0 Å². The molecule has 0 aliphatic carbocycles. The zero-order chi connectivity index (χ0) is 60.3. The standard InChI is InChI=1S/4C12H10N6.4CNS.2Fe/c4*13-18-11(9-5-1-3-7-14-9)16-17-12(18)10-6-2-4-8-15-10;4*2-1-3;;/h4*1-8H,13H2;;;;;;/q;;;;4*-1;2*+2. The molecule has 12 aromatic heterocycles. The molecule has 0 fully saturated rings. The van der Waals surface area contributed by atoms with E-state index >= 15 is 0 Å². The zero-order valence-electron chi connectivity index (χ0n) is 43.9. The molecule has 8 N–H and O–H groups in total. The Morgan fingerprint density at radius 2 is 0.349 bits per heavy atom. The Hall–Kier alpha value is -10.8. The van der Waals surface area contributed by atoms with Gasteiger partial charge in [0.05, 0.1) is 0 Å². The number of nitrogens with zero attached hydrogens (tertiary/aromatic N) is 24. The number of nitrogens with two attached hydrogens (primary N) is 4. The molecule has 28 nitrogen and oxygen atoms in total. The van der Waals surface area contributed by atoms with E-state index in [4.69, 9.17) is 45.0 Å². The van der Waals surface area contributed by atoms with Crippen LogP contribution < -0.4 is 23.4 Å². The van der Waals surface area contributed by atoms with Crippen molar-refractivity contribution >= 4 is 69.5 Å². The summed E-state index contributed by atoms with van der Waals surface area (Å²) in [5.74, 6) is 28.0. The summed E-state index contributed by atoms with van der Waals surface area (Å²) in [6.07, 6.45) is 13.5. The first-order valence-corrected chi connectivity index (χ1v) is 24.9. The fourth-order valence-electron chi connectivity index (χ4n) is 6.52. The van der Waals surface area contributed by atoms with Crippen LogP contribution >= 0.6 is 48.9 Å². The van der Waals surface area contributed by atoms with Gasteiger partial charge in [-0.2, -0.15) is 20.6 Å². The van der Waals surface area contributed by atoms with Crippen molar-refractivity contribution in [1.82, 2.24) is 99.4 Å². The van der Waals surface area contributed by atoms with Gasteiger partial charge in [0.15, 0.2) is 0 Å². The van der Waals surface area contributed by atoms with E-state index in [1.165, 1.54) is 39.3 Å². The van der Waals surface area contributed by atoms with Gasteiger partial charge in [0.25, 0.3) is 0 Å². The molecule has 0 saturated carbocycles. The SMILES string of the molecule is Nn1c(-c2ccccn2)nnc1-c1ccccn1.Nn1c(-c2ccccn2)nnc1-c1ccccn1.Nn1c(-c2ccccn2)nnc1-c1ccccn1.Nn1c(-c2ccccn2)nnc1-c1ccccn1.[Fe+2].[Fe+2].[N-]=C=S.[N-]=C=S.[N-]=C=S.[N-]=C=S. The molecule has 428 valence electrons. The van der Waals surface area contributed by atoms with Crippen molar-refractivity contribution in [3.05, 3.63) is 217 Å². The number of aromatic nitrogens is 20. The van der Waals surface area contributed by atoms with E-state index in [-0.39, 0.29) is 34.1 Å². The van der Waals surface area contributed by atoms with Crippen LogP contribution in [0.1, 0.15) is 0 Å². The van der Waals surface area contributed by atoms with E-state index in [0.29, 0.717) is 92.1 Å². The van der Waals surface area contributed by atoms with Crippen LogP contribution in [0.25, 0.3) is 114 Å². The molecule has 0 unspecified atom stereocenters. The summed E-state index contributed by atoms with van der Waals surface area (Å²) in [5, 5.41) is 66.3. The molecule has 12 aromatic rings. The van der Waals surface area contributed by atoms with E-state index in [0.717, 1.165) is 0 Å². The molecule has 0 saturated heterocycles. The number of rotatable bonds is 8. The summed E-state index contributed by atoms with van der Waals surface area (Å²) in [6, 6.07) is 44.3. The Morgan fingerprint density at radius 3 is 0.430 bits per heavy atom. The Morgan fingerprint density at radius 1 is 0.244 bits per heavy atom. The van der Waals surface area contributed by atoms with Gasteiger partial charge in [-0.3, -0.25) is 39.9 Å². The molecular formula is C52H40Fe2N28S4. The number of thiocarbonyl (C=S) groups is 4. The van der Waals surface area contributed by atoms with Gasteiger partial charge < -0.3 is 45.0 Å². The second kappa shape index (κ2) is 38.8. The number of hydrogen-bond acceptors (Lipinski definition) is 24. The van der Waals surface area contributed by atoms with Crippen LogP contribution in [-0.2, 0) is 34.1 Å². The average Bonchev–Trinajstić information content (AvgIpc) is 4.14. The summed E-state index contributed by atoms with van der Waals surface area (Å²) in [4.78, 5) is 33.5. The van der Waals surface area contributed by atoms with Gasteiger partial charge in [0, 0.05) is 49.6 Å². The van der Waals surface area contributed by atoms with Gasteiger partial charge in [-0.1, -0.05) is 97.4 Å². The molecule has 0 aliphatic rings. The molecule has 86 heavy (non-hydrogen) atoms. The molecule has 0 bridgehead atoms. The van der Waals surface area contributed by atoms with E-state index in [9.17, 15) is 0 Å². The summed E-state index contributed by atoms with van der Waals surface area (Å²) in [7, 11) is 0. The zero-order valence-corrected chi connectivity index (χ0v) is 49.3. The molecule has 12 rings (SSSR count). The van der Waals surface area contributed by atoms with Gasteiger partial charge >= 0.3 is 34.1 Å². The molecule has 34 heteroatoms. The van der Waals surface area contributed by atoms with Gasteiger partial charge in [0.1, 0.15) is 45.6 Å². The van der Waals surface area contributed by atoms with E-state index in [2.05, 4.69) is 130 Å². The van der Waals surface area contributed by atoms with E-state index in [1.54, 1.807) is 49.6 Å². The van der Waals surface area contributed by atoms with Crippen LogP contribution in [0.15, 0.2) is 195 Å². The number of pyridine rings is 8. The molecule has 0 amide bonds. The van der Waals surface area contributed by atoms with Crippen molar-refractivity contribution in [2.24, 2.45) is 0 Å². The molecule has 0 atom stereocenters. The molecule has 0 radical (unpaired) electrons. The fourth-order valence-corrected chi connectivity index (χ4v) is 6.52. The quantitative estimate of drug-likeness (QED) is 0.0510. The molecule has 0 aromatic carbocycles. The van der Waals surface area contributed by atoms with Gasteiger partial charge in [-0.15, -0.1) is 40.8 Å². The Labute approximate surface area is 531 Å². The van der Waals surface area contributed by atoms with Crippen molar-refractivity contribution in [3.8, 4) is 92.1 Å². The molecule has 0 spiro atoms. The second-order valence-electron chi connectivity index (χ2n) is 15.0. The van der Waals surface area contributed by atoms with E-state index < -0.39 is 0 Å². The second-order valence-corrected chi connectivity index (χ2v) is 15.7. The minimum absolute atomic E-state index is 0. The normalized spacial score (nSPS) is 9.12. The Balaban J connectivity index is 0.000000280. The summed E-state index contributed by atoms with van der Waals surface area (Å²) in [5.41, 5.74) is 5.41. The minimum atomic E-state index is 0. The maximum Gasteiger partial charge on any atom is 2.00 e. The van der Waals surface area contributed by atoms with Crippen molar-refractivity contribution in [1.29, 1.82) is 0 Å². The largest absolute Gasteiger partial charge is 2.00 e. The first-order chi connectivity index (χ1) is 41.1.